The summed E-state index contributed by atoms with van der Waals surface area (Å²) in [5, 5.41) is 6.92. The average molecular weight is 588 g/mol. The maximum atomic E-state index is 6.54. The molecule has 0 aliphatic carbocycles. The van der Waals surface area contributed by atoms with Crippen LogP contribution in [0.2, 0.25) is 0 Å². The molecule has 1 aromatic heterocycles. The van der Waals surface area contributed by atoms with Crippen molar-refractivity contribution in [2.75, 3.05) is 4.90 Å². The van der Waals surface area contributed by atoms with Gasteiger partial charge in [-0.2, -0.15) is 0 Å². The summed E-state index contributed by atoms with van der Waals surface area (Å²) in [6.07, 6.45) is 0. The van der Waals surface area contributed by atoms with Gasteiger partial charge >= 0.3 is 0 Å². The Bertz CT molecular complexity index is 2410. The molecule has 9 rings (SSSR count). The van der Waals surface area contributed by atoms with Crippen LogP contribution in [0.5, 0.6) is 0 Å². The molecule has 216 valence electrons. The van der Waals surface area contributed by atoms with Gasteiger partial charge in [-0.05, 0) is 75.5 Å². The number of furan rings is 1. The minimum Gasteiger partial charge on any atom is -0.455 e. The molecule has 9 aromatic rings. The summed E-state index contributed by atoms with van der Waals surface area (Å²) in [4.78, 5) is 2.38. The lowest BCUT2D eigenvalue weighted by molar-refractivity contribution is 0.673. The van der Waals surface area contributed by atoms with E-state index in [0.29, 0.717) is 0 Å². The van der Waals surface area contributed by atoms with Crippen molar-refractivity contribution >= 4 is 60.5 Å². The molecule has 0 amide bonds. The van der Waals surface area contributed by atoms with Gasteiger partial charge in [0.05, 0.1) is 5.69 Å². The normalized spacial score (nSPS) is 11.5. The third-order valence-corrected chi connectivity index (χ3v) is 9.05. The van der Waals surface area contributed by atoms with Gasteiger partial charge in [0.1, 0.15) is 11.2 Å². The van der Waals surface area contributed by atoms with Crippen molar-refractivity contribution in [3.8, 4) is 22.3 Å². The minimum absolute atomic E-state index is 0.914. The molecule has 0 spiro atoms. The second-order valence-corrected chi connectivity index (χ2v) is 11.7. The predicted molar refractivity (Wildman–Crippen MR) is 194 cm³/mol. The molecule has 2 heteroatoms. The van der Waals surface area contributed by atoms with Gasteiger partial charge < -0.3 is 9.32 Å². The first-order valence-electron chi connectivity index (χ1n) is 15.7. The highest BCUT2D eigenvalue weighted by Crippen LogP contribution is 2.45. The Labute approximate surface area is 267 Å². The molecule has 0 saturated heterocycles. The molecule has 0 aliphatic heterocycles. The fourth-order valence-corrected chi connectivity index (χ4v) is 6.83. The lowest BCUT2D eigenvalue weighted by Gasteiger charge is -2.28. The zero-order chi connectivity index (χ0) is 30.5. The maximum absolute atomic E-state index is 6.54. The Morgan fingerprint density at radius 1 is 0.370 bits per heavy atom. The Hall–Kier alpha value is -6.12. The van der Waals surface area contributed by atoms with Crippen LogP contribution in [0.1, 0.15) is 0 Å². The molecule has 8 aromatic carbocycles. The van der Waals surface area contributed by atoms with E-state index in [2.05, 4.69) is 175 Å². The Morgan fingerprint density at radius 2 is 0.870 bits per heavy atom. The summed E-state index contributed by atoms with van der Waals surface area (Å²) in [5.41, 5.74) is 9.97. The fraction of sp³-hybridized carbons (Fsp3) is 0. The van der Waals surface area contributed by atoms with E-state index < -0.39 is 0 Å². The summed E-state index contributed by atoms with van der Waals surface area (Å²) in [5.74, 6) is 0. The number of fused-ring (bicyclic) bond motifs is 7. The van der Waals surface area contributed by atoms with Gasteiger partial charge in [0.25, 0.3) is 0 Å². The standard InChI is InChI=1S/C44H29NO/c1-3-11-30(12-4-1)32-19-24-35(25-20-32)45(36-26-21-33(22-27-36)31-13-5-2-6-14-31)41-29-34-23-28-40-38-16-9-10-18-42(38)46-44(40)43(34)39-17-8-7-15-37(39)41/h1-29H. The number of benzene rings is 8. The summed E-state index contributed by atoms with van der Waals surface area (Å²) in [7, 11) is 0. The van der Waals surface area contributed by atoms with Crippen molar-refractivity contribution in [2.24, 2.45) is 0 Å². The lowest BCUT2D eigenvalue weighted by atomic mass is 9.96. The van der Waals surface area contributed by atoms with Crippen molar-refractivity contribution in [3.05, 3.63) is 176 Å². The topological polar surface area (TPSA) is 16.4 Å². The van der Waals surface area contributed by atoms with Gasteiger partial charge in [-0.15, -0.1) is 0 Å². The van der Waals surface area contributed by atoms with Crippen molar-refractivity contribution in [1.29, 1.82) is 0 Å². The second kappa shape index (κ2) is 10.8. The fourth-order valence-electron chi connectivity index (χ4n) is 6.83. The monoisotopic (exact) mass is 587 g/mol. The van der Waals surface area contributed by atoms with E-state index in [1.165, 1.54) is 33.0 Å². The van der Waals surface area contributed by atoms with E-state index in [-0.39, 0.29) is 0 Å². The summed E-state index contributed by atoms with van der Waals surface area (Å²) >= 11 is 0. The molecule has 0 unspecified atom stereocenters. The van der Waals surface area contributed by atoms with Crippen molar-refractivity contribution in [3.63, 3.8) is 0 Å². The number of hydrogen-bond donors (Lipinski definition) is 0. The first-order chi connectivity index (χ1) is 22.8. The molecular weight excluding hydrogens is 558 g/mol. The SMILES string of the molecule is c1ccc(-c2ccc(N(c3ccc(-c4ccccc4)cc3)c3cc4ccc5c6ccccc6oc5c4c4ccccc34)cc2)cc1. The molecule has 2 nitrogen and oxygen atoms in total. The van der Waals surface area contributed by atoms with Gasteiger partial charge in [0.2, 0.25) is 0 Å². The molecule has 0 radical (unpaired) electrons. The molecule has 46 heavy (non-hydrogen) atoms. The van der Waals surface area contributed by atoms with Gasteiger partial charge in [0, 0.05) is 32.9 Å². The number of hydrogen-bond acceptors (Lipinski definition) is 2. The lowest BCUT2D eigenvalue weighted by Crippen LogP contribution is -2.10. The number of anilines is 3. The van der Waals surface area contributed by atoms with E-state index in [9.17, 15) is 0 Å². The molecule has 0 bridgehead atoms. The Morgan fingerprint density at radius 3 is 1.48 bits per heavy atom. The molecule has 0 atom stereocenters. The van der Waals surface area contributed by atoms with E-state index >= 15 is 0 Å². The van der Waals surface area contributed by atoms with Crippen LogP contribution >= 0.6 is 0 Å². The summed E-state index contributed by atoms with van der Waals surface area (Å²) in [6, 6.07) is 62.7. The largest absolute Gasteiger partial charge is 0.455 e. The van der Waals surface area contributed by atoms with Crippen LogP contribution in [0, 0.1) is 0 Å². The first kappa shape index (κ1) is 26.3. The van der Waals surface area contributed by atoms with Gasteiger partial charge in [-0.25, -0.2) is 0 Å². The Balaban J connectivity index is 1.27. The number of nitrogens with zero attached hydrogens (tertiary/aromatic N) is 1. The van der Waals surface area contributed by atoms with Crippen molar-refractivity contribution in [2.45, 2.75) is 0 Å². The Kier molecular flexibility index (Phi) is 6.17. The zero-order valence-corrected chi connectivity index (χ0v) is 25.1. The van der Waals surface area contributed by atoms with Crippen LogP contribution < -0.4 is 4.90 Å². The third-order valence-electron chi connectivity index (χ3n) is 9.05. The number of rotatable bonds is 5. The van der Waals surface area contributed by atoms with Gasteiger partial charge in [-0.3, -0.25) is 0 Å². The van der Waals surface area contributed by atoms with Crippen molar-refractivity contribution in [1.82, 2.24) is 0 Å². The molecule has 0 saturated carbocycles. The van der Waals surface area contributed by atoms with Gasteiger partial charge in [0.15, 0.2) is 0 Å². The highest BCUT2D eigenvalue weighted by molar-refractivity contribution is 6.25. The highest BCUT2D eigenvalue weighted by Gasteiger charge is 2.20. The molecule has 0 fully saturated rings. The van der Waals surface area contributed by atoms with E-state index in [1.54, 1.807) is 0 Å². The smallest absolute Gasteiger partial charge is 0.143 e. The molecular formula is C44H29NO. The van der Waals surface area contributed by atoms with Crippen LogP contribution in [-0.4, -0.2) is 0 Å². The van der Waals surface area contributed by atoms with Crippen LogP contribution in [-0.2, 0) is 0 Å². The maximum Gasteiger partial charge on any atom is 0.143 e. The van der Waals surface area contributed by atoms with Gasteiger partial charge in [-0.1, -0.05) is 133 Å². The quantitative estimate of drug-likeness (QED) is 0.186. The van der Waals surface area contributed by atoms with E-state index in [4.69, 9.17) is 4.42 Å². The first-order valence-corrected chi connectivity index (χ1v) is 15.7. The molecule has 1 heterocycles. The highest BCUT2D eigenvalue weighted by atomic mass is 16.3. The predicted octanol–water partition coefficient (Wildman–Crippen LogP) is 12.7. The summed E-state index contributed by atoms with van der Waals surface area (Å²) in [6.45, 7) is 0. The van der Waals surface area contributed by atoms with E-state index in [0.717, 1.165) is 49.8 Å². The van der Waals surface area contributed by atoms with E-state index in [1.807, 2.05) is 6.07 Å². The zero-order valence-electron chi connectivity index (χ0n) is 25.1. The van der Waals surface area contributed by atoms with Crippen LogP contribution in [0.25, 0.3) is 65.7 Å². The van der Waals surface area contributed by atoms with Crippen LogP contribution in [0.15, 0.2) is 180 Å². The van der Waals surface area contributed by atoms with Crippen LogP contribution in [0.4, 0.5) is 17.1 Å². The second-order valence-electron chi connectivity index (χ2n) is 11.7. The molecule has 0 aliphatic rings. The average Bonchev–Trinajstić information content (AvgIpc) is 3.52. The third kappa shape index (κ3) is 4.35. The summed E-state index contributed by atoms with van der Waals surface area (Å²) < 4.78 is 6.54. The number of para-hydroxylation sites is 1. The minimum atomic E-state index is 0.914. The van der Waals surface area contributed by atoms with Crippen molar-refractivity contribution < 1.29 is 4.42 Å². The molecule has 0 N–H and O–H groups in total. The van der Waals surface area contributed by atoms with Crippen LogP contribution in [0.3, 0.4) is 0 Å².